The molecule has 3 rings (SSSR count). The molecule has 1 aliphatic rings. The number of carbonyl (C=O) groups is 1. The Morgan fingerprint density at radius 1 is 1.04 bits per heavy atom. The molecule has 0 spiro atoms. The zero-order chi connectivity index (χ0) is 15.9. The Morgan fingerprint density at radius 3 is 2.52 bits per heavy atom. The van der Waals surface area contributed by atoms with Crippen LogP contribution in [0.5, 0.6) is 5.75 Å². The van der Waals surface area contributed by atoms with Gasteiger partial charge in [-0.3, -0.25) is 9.69 Å². The molecule has 1 fully saturated rings. The monoisotopic (exact) mass is 330 g/mol. The predicted molar refractivity (Wildman–Crippen MR) is 93.0 cm³/mol. The molecule has 23 heavy (non-hydrogen) atoms. The average molecular weight is 330 g/mol. The van der Waals surface area contributed by atoms with E-state index in [2.05, 4.69) is 4.90 Å². The predicted octanol–water partition coefficient (Wildman–Crippen LogP) is 2.51. The standard InChI is InChI=1S/C18H22N2O2S/c21-18(15-17-7-4-14-23-17)20-10-8-19(9-11-20)12-13-22-16-5-2-1-3-6-16/h1-7,14H,8-13,15H2. The second kappa shape index (κ2) is 8.13. The Morgan fingerprint density at radius 2 is 1.83 bits per heavy atom. The van der Waals surface area contributed by atoms with E-state index in [9.17, 15) is 4.79 Å². The van der Waals surface area contributed by atoms with Gasteiger partial charge in [-0.15, -0.1) is 11.3 Å². The van der Waals surface area contributed by atoms with E-state index >= 15 is 0 Å². The molecule has 2 aromatic rings. The van der Waals surface area contributed by atoms with Gasteiger partial charge >= 0.3 is 0 Å². The van der Waals surface area contributed by atoms with Gasteiger partial charge in [-0.2, -0.15) is 0 Å². The number of piperazine rings is 1. The summed E-state index contributed by atoms with van der Waals surface area (Å²) in [6, 6.07) is 13.9. The number of benzene rings is 1. The summed E-state index contributed by atoms with van der Waals surface area (Å²) in [5.74, 6) is 1.16. The molecular weight excluding hydrogens is 308 g/mol. The van der Waals surface area contributed by atoms with Crippen molar-refractivity contribution in [1.29, 1.82) is 0 Å². The molecule has 1 aliphatic heterocycles. The first kappa shape index (κ1) is 16.0. The highest BCUT2D eigenvalue weighted by molar-refractivity contribution is 7.10. The van der Waals surface area contributed by atoms with Crippen LogP contribution >= 0.6 is 11.3 Å². The maximum absolute atomic E-state index is 12.3. The summed E-state index contributed by atoms with van der Waals surface area (Å²) in [6.45, 7) is 5.07. The minimum absolute atomic E-state index is 0.243. The van der Waals surface area contributed by atoms with E-state index in [1.165, 1.54) is 0 Å². The van der Waals surface area contributed by atoms with Crippen LogP contribution in [0.1, 0.15) is 4.88 Å². The largest absolute Gasteiger partial charge is 0.492 e. The van der Waals surface area contributed by atoms with Crippen LogP contribution in [0.15, 0.2) is 47.8 Å². The Labute approximate surface area is 141 Å². The van der Waals surface area contributed by atoms with Gasteiger partial charge in [0.1, 0.15) is 12.4 Å². The first-order chi connectivity index (χ1) is 11.3. The molecule has 1 aromatic carbocycles. The Hall–Kier alpha value is -1.85. The van der Waals surface area contributed by atoms with E-state index in [0.29, 0.717) is 13.0 Å². The number of carbonyl (C=O) groups excluding carboxylic acids is 1. The summed E-state index contributed by atoms with van der Waals surface area (Å²) in [6.07, 6.45) is 0.536. The molecule has 4 nitrogen and oxygen atoms in total. The quantitative estimate of drug-likeness (QED) is 0.816. The minimum Gasteiger partial charge on any atom is -0.492 e. The molecule has 122 valence electrons. The van der Waals surface area contributed by atoms with E-state index in [0.717, 1.165) is 43.4 Å². The lowest BCUT2D eigenvalue weighted by Gasteiger charge is -2.34. The van der Waals surface area contributed by atoms with Crippen molar-refractivity contribution < 1.29 is 9.53 Å². The van der Waals surface area contributed by atoms with E-state index in [1.54, 1.807) is 11.3 Å². The average Bonchev–Trinajstić information content (AvgIpc) is 3.09. The van der Waals surface area contributed by atoms with Gasteiger partial charge in [0.2, 0.25) is 5.91 Å². The van der Waals surface area contributed by atoms with Crippen LogP contribution in [0.4, 0.5) is 0 Å². The summed E-state index contributed by atoms with van der Waals surface area (Å²) in [5, 5.41) is 2.02. The van der Waals surface area contributed by atoms with E-state index in [-0.39, 0.29) is 5.91 Å². The van der Waals surface area contributed by atoms with Crippen LogP contribution in [0, 0.1) is 0 Å². The van der Waals surface area contributed by atoms with Crippen LogP contribution < -0.4 is 4.74 Å². The molecule has 1 saturated heterocycles. The summed E-state index contributed by atoms with van der Waals surface area (Å²) in [4.78, 5) is 17.7. The summed E-state index contributed by atoms with van der Waals surface area (Å²) in [7, 11) is 0. The molecule has 0 unspecified atom stereocenters. The highest BCUT2D eigenvalue weighted by Gasteiger charge is 2.21. The highest BCUT2D eigenvalue weighted by atomic mass is 32.1. The van der Waals surface area contributed by atoms with Crippen molar-refractivity contribution in [1.82, 2.24) is 9.80 Å². The number of hydrogen-bond acceptors (Lipinski definition) is 4. The van der Waals surface area contributed by atoms with Gasteiger partial charge in [-0.25, -0.2) is 0 Å². The van der Waals surface area contributed by atoms with Gasteiger partial charge < -0.3 is 9.64 Å². The molecular formula is C18H22N2O2S. The minimum atomic E-state index is 0.243. The van der Waals surface area contributed by atoms with Gasteiger partial charge in [0.15, 0.2) is 0 Å². The second-order valence-electron chi connectivity index (χ2n) is 5.64. The van der Waals surface area contributed by atoms with E-state index < -0.39 is 0 Å². The van der Waals surface area contributed by atoms with Crippen molar-refractivity contribution in [2.24, 2.45) is 0 Å². The zero-order valence-corrected chi connectivity index (χ0v) is 14.0. The van der Waals surface area contributed by atoms with Gasteiger partial charge in [0, 0.05) is 37.6 Å². The SMILES string of the molecule is O=C(Cc1cccs1)N1CCN(CCOc2ccccc2)CC1. The Kier molecular flexibility index (Phi) is 5.66. The Balaban J connectivity index is 1.36. The lowest BCUT2D eigenvalue weighted by molar-refractivity contribution is -0.132. The number of amides is 1. The molecule has 0 atom stereocenters. The summed E-state index contributed by atoms with van der Waals surface area (Å²) < 4.78 is 5.73. The van der Waals surface area contributed by atoms with Crippen LogP contribution in [0.25, 0.3) is 0 Å². The number of rotatable bonds is 6. The van der Waals surface area contributed by atoms with Crippen molar-refractivity contribution >= 4 is 17.2 Å². The van der Waals surface area contributed by atoms with Crippen molar-refractivity contribution in [3.05, 3.63) is 52.7 Å². The lowest BCUT2D eigenvalue weighted by Crippen LogP contribution is -2.49. The molecule has 0 N–H and O–H groups in total. The number of nitrogens with zero attached hydrogens (tertiary/aromatic N) is 2. The fraction of sp³-hybridized carbons (Fsp3) is 0.389. The molecule has 0 bridgehead atoms. The van der Waals surface area contributed by atoms with Crippen molar-refractivity contribution in [2.45, 2.75) is 6.42 Å². The molecule has 0 radical (unpaired) electrons. The third-order valence-electron chi connectivity index (χ3n) is 4.05. The fourth-order valence-corrected chi connectivity index (χ4v) is 3.40. The first-order valence-electron chi connectivity index (χ1n) is 8.01. The van der Waals surface area contributed by atoms with Gasteiger partial charge in [0.25, 0.3) is 0 Å². The maximum Gasteiger partial charge on any atom is 0.227 e. The van der Waals surface area contributed by atoms with Crippen molar-refractivity contribution in [3.63, 3.8) is 0 Å². The topological polar surface area (TPSA) is 32.8 Å². The smallest absolute Gasteiger partial charge is 0.227 e. The molecule has 0 saturated carbocycles. The van der Waals surface area contributed by atoms with E-state index in [1.807, 2.05) is 52.7 Å². The number of hydrogen-bond donors (Lipinski definition) is 0. The molecule has 2 heterocycles. The van der Waals surface area contributed by atoms with Crippen molar-refractivity contribution in [2.75, 3.05) is 39.3 Å². The first-order valence-corrected chi connectivity index (χ1v) is 8.89. The second-order valence-corrected chi connectivity index (χ2v) is 6.67. The molecule has 1 aromatic heterocycles. The highest BCUT2D eigenvalue weighted by Crippen LogP contribution is 2.12. The van der Waals surface area contributed by atoms with E-state index in [4.69, 9.17) is 4.74 Å². The van der Waals surface area contributed by atoms with Crippen LogP contribution in [0.2, 0.25) is 0 Å². The maximum atomic E-state index is 12.3. The molecule has 0 aliphatic carbocycles. The normalized spacial score (nSPS) is 15.6. The zero-order valence-electron chi connectivity index (χ0n) is 13.2. The molecule has 1 amide bonds. The lowest BCUT2D eigenvalue weighted by atomic mass is 10.2. The number of thiophene rings is 1. The Bertz CT molecular complexity index is 593. The van der Waals surface area contributed by atoms with Gasteiger partial charge in [-0.05, 0) is 23.6 Å². The summed E-state index contributed by atoms with van der Waals surface area (Å²) in [5.41, 5.74) is 0. The van der Waals surface area contributed by atoms with Gasteiger partial charge in [0.05, 0.1) is 6.42 Å². The van der Waals surface area contributed by atoms with Crippen LogP contribution in [-0.2, 0) is 11.2 Å². The third kappa shape index (κ3) is 4.81. The number of ether oxygens (including phenoxy) is 1. The van der Waals surface area contributed by atoms with Crippen molar-refractivity contribution in [3.8, 4) is 5.75 Å². The third-order valence-corrected chi connectivity index (χ3v) is 4.93. The fourth-order valence-electron chi connectivity index (χ4n) is 2.70. The summed E-state index contributed by atoms with van der Waals surface area (Å²) >= 11 is 1.65. The molecule has 5 heteroatoms. The van der Waals surface area contributed by atoms with Gasteiger partial charge in [-0.1, -0.05) is 24.3 Å². The van der Waals surface area contributed by atoms with Crippen LogP contribution in [-0.4, -0.2) is 55.0 Å². The van der Waals surface area contributed by atoms with Crippen LogP contribution in [0.3, 0.4) is 0 Å². The number of para-hydroxylation sites is 1.